The Morgan fingerprint density at radius 1 is 0.923 bits per heavy atom. The predicted molar refractivity (Wildman–Crippen MR) is 94.1 cm³/mol. The molecule has 0 aliphatic rings. The Morgan fingerprint density at radius 2 is 1.62 bits per heavy atom. The fraction of sp³-hybridized carbons (Fsp3) is 0.111. The highest BCUT2D eigenvalue weighted by Gasteiger charge is 2.15. The maximum atomic E-state index is 13.4. The number of methoxy groups -OCH3 is 2. The average molecular weight is 356 g/mol. The van der Waals surface area contributed by atoms with Crippen molar-refractivity contribution in [2.75, 3.05) is 19.5 Å². The second-order valence-corrected chi connectivity index (χ2v) is 5.61. The third kappa shape index (κ3) is 2.65. The maximum absolute atomic E-state index is 13.4. The minimum Gasteiger partial charge on any atom is -0.493 e. The zero-order valence-corrected chi connectivity index (χ0v) is 13.9. The lowest BCUT2D eigenvalue weighted by molar-refractivity contribution is 0.356. The van der Waals surface area contributed by atoms with Crippen LogP contribution < -0.4 is 14.8 Å². The van der Waals surface area contributed by atoms with Crippen molar-refractivity contribution in [3.8, 4) is 11.5 Å². The summed E-state index contributed by atoms with van der Waals surface area (Å²) in [4.78, 5) is 11.7. The zero-order valence-electron chi connectivity index (χ0n) is 13.9. The van der Waals surface area contributed by atoms with Crippen LogP contribution in [0.5, 0.6) is 11.5 Å². The molecule has 0 radical (unpaired) electrons. The van der Waals surface area contributed by atoms with E-state index in [1.54, 1.807) is 20.3 Å². The van der Waals surface area contributed by atoms with Gasteiger partial charge in [-0.2, -0.15) is 0 Å². The first kappa shape index (κ1) is 16.1. The van der Waals surface area contributed by atoms with Gasteiger partial charge in [-0.3, -0.25) is 0 Å². The Labute approximate surface area is 146 Å². The lowest BCUT2D eigenvalue weighted by atomic mass is 10.2. The van der Waals surface area contributed by atoms with Gasteiger partial charge in [-0.05, 0) is 18.2 Å². The summed E-state index contributed by atoms with van der Waals surface area (Å²) < 4.78 is 37.5. The Kier molecular flexibility index (Phi) is 3.80. The molecule has 0 amide bonds. The van der Waals surface area contributed by atoms with Crippen LogP contribution in [0.15, 0.2) is 36.7 Å². The van der Waals surface area contributed by atoms with E-state index in [0.29, 0.717) is 28.4 Å². The van der Waals surface area contributed by atoms with Gasteiger partial charge in [0.25, 0.3) is 0 Å². The van der Waals surface area contributed by atoms with Gasteiger partial charge in [-0.15, -0.1) is 0 Å². The number of aromatic nitrogens is 3. The van der Waals surface area contributed by atoms with Crippen molar-refractivity contribution in [2.24, 2.45) is 0 Å². The molecule has 6 nitrogen and oxygen atoms in total. The number of nitrogens with zero attached hydrogens (tertiary/aromatic N) is 2. The topological polar surface area (TPSA) is 72.1 Å². The fourth-order valence-corrected chi connectivity index (χ4v) is 2.88. The van der Waals surface area contributed by atoms with Crippen molar-refractivity contribution in [3.63, 3.8) is 0 Å². The number of hydrogen-bond acceptors (Lipinski definition) is 5. The van der Waals surface area contributed by atoms with E-state index < -0.39 is 11.6 Å². The Hall–Kier alpha value is -3.42. The molecule has 0 unspecified atom stereocenters. The third-order valence-corrected chi connectivity index (χ3v) is 4.01. The normalized spacial score (nSPS) is 11.1. The summed E-state index contributed by atoms with van der Waals surface area (Å²) in [5, 5.41) is 3.74. The van der Waals surface area contributed by atoms with E-state index in [1.165, 1.54) is 18.5 Å². The van der Waals surface area contributed by atoms with Gasteiger partial charge in [0.1, 0.15) is 29.0 Å². The predicted octanol–water partition coefficient (Wildman–Crippen LogP) is 4.15. The number of ether oxygens (including phenoxy) is 2. The molecule has 0 saturated carbocycles. The van der Waals surface area contributed by atoms with Crippen molar-refractivity contribution in [1.82, 2.24) is 15.0 Å². The van der Waals surface area contributed by atoms with Crippen LogP contribution >= 0.6 is 0 Å². The number of benzene rings is 2. The molecule has 0 saturated heterocycles. The summed E-state index contributed by atoms with van der Waals surface area (Å²) in [5.74, 6) is 0.185. The van der Waals surface area contributed by atoms with Crippen LogP contribution in [0, 0.1) is 11.6 Å². The molecule has 2 heterocycles. The van der Waals surface area contributed by atoms with E-state index in [4.69, 9.17) is 9.47 Å². The number of H-pyrrole nitrogens is 1. The quantitative estimate of drug-likeness (QED) is 0.575. The molecule has 26 heavy (non-hydrogen) atoms. The second-order valence-electron chi connectivity index (χ2n) is 5.61. The molecule has 0 aliphatic heterocycles. The lowest BCUT2D eigenvalue weighted by Gasteiger charge is -2.07. The molecule has 2 aromatic heterocycles. The van der Waals surface area contributed by atoms with Gasteiger partial charge in [0.15, 0.2) is 17.3 Å². The van der Waals surface area contributed by atoms with Gasteiger partial charge in [0.2, 0.25) is 0 Å². The van der Waals surface area contributed by atoms with E-state index >= 15 is 0 Å². The molecule has 8 heteroatoms. The summed E-state index contributed by atoms with van der Waals surface area (Å²) in [7, 11) is 3.11. The van der Waals surface area contributed by atoms with E-state index in [9.17, 15) is 8.78 Å². The summed E-state index contributed by atoms with van der Waals surface area (Å²) in [6.07, 6.45) is 1.38. The Bertz CT molecular complexity index is 1110. The first-order valence-corrected chi connectivity index (χ1v) is 7.70. The van der Waals surface area contributed by atoms with Crippen LogP contribution in [0.1, 0.15) is 0 Å². The number of hydrogen-bond donors (Lipinski definition) is 2. The first-order chi connectivity index (χ1) is 12.6. The number of anilines is 2. The molecule has 0 atom stereocenters. The molecule has 0 bridgehead atoms. The van der Waals surface area contributed by atoms with Crippen molar-refractivity contribution in [3.05, 3.63) is 48.3 Å². The molecule has 4 rings (SSSR count). The van der Waals surface area contributed by atoms with Gasteiger partial charge in [-0.25, -0.2) is 18.7 Å². The van der Waals surface area contributed by atoms with Crippen LogP contribution in [0.2, 0.25) is 0 Å². The lowest BCUT2D eigenvalue weighted by Crippen LogP contribution is -1.97. The molecular weight excluding hydrogens is 342 g/mol. The van der Waals surface area contributed by atoms with Gasteiger partial charge < -0.3 is 19.8 Å². The highest BCUT2D eigenvalue weighted by molar-refractivity contribution is 6.09. The van der Waals surface area contributed by atoms with Gasteiger partial charge in [0.05, 0.1) is 19.7 Å². The van der Waals surface area contributed by atoms with Gasteiger partial charge in [0, 0.05) is 23.2 Å². The highest BCUT2D eigenvalue weighted by Crippen LogP contribution is 2.36. The van der Waals surface area contributed by atoms with E-state index in [1.807, 2.05) is 6.07 Å². The summed E-state index contributed by atoms with van der Waals surface area (Å²) in [6.45, 7) is 0. The minimum absolute atomic E-state index is 0.247. The maximum Gasteiger partial charge on any atom is 0.162 e. The largest absolute Gasteiger partial charge is 0.493 e. The zero-order chi connectivity index (χ0) is 18.3. The monoisotopic (exact) mass is 356 g/mol. The van der Waals surface area contributed by atoms with E-state index in [2.05, 4.69) is 20.3 Å². The number of aromatic amines is 1. The first-order valence-electron chi connectivity index (χ1n) is 7.70. The van der Waals surface area contributed by atoms with E-state index in [-0.39, 0.29) is 5.69 Å². The molecule has 0 aliphatic carbocycles. The van der Waals surface area contributed by atoms with Crippen LogP contribution in [-0.4, -0.2) is 29.2 Å². The van der Waals surface area contributed by atoms with Crippen LogP contribution in [0.3, 0.4) is 0 Å². The molecule has 0 spiro atoms. The van der Waals surface area contributed by atoms with Crippen molar-refractivity contribution in [1.29, 1.82) is 0 Å². The number of fused-ring (bicyclic) bond motifs is 3. The summed E-state index contributed by atoms with van der Waals surface area (Å²) >= 11 is 0. The van der Waals surface area contributed by atoms with Crippen LogP contribution in [0.4, 0.5) is 20.3 Å². The molecule has 4 aromatic rings. The van der Waals surface area contributed by atoms with E-state index in [0.717, 1.165) is 17.0 Å². The molecule has 132 valence electrons. The summed E-state index contributed by atoms with van der Waals surface area (Å²) in [5.41, 5.74) is 2.26. The number of halogens is 2. The summed E-state index contributed by atoms with van der Waals surface area (Å²) in [6, 6.07) is 6.78. The van der Waals surface area contributed by atoms with Crippen LogP contribution in [-0.2, 0) is 0 Å². The molecule has 2 aromatic carbocycles. The Morgan fingerprint density at radius 3 is 2.31 bits per heavy atom. The van der Waals surface area contributed by atoms with Gasteiger partial charge in [-0.1, -0.05) is 0 Å². The number of nitrogens with one attached hydrogen (secondary N) is 2. The van der Waals surface area contributed by atoms with Crippen LogP contribution in [0.25, 0.3) is 21.9 Å². The Balaban J connectivity index is 1.88. The fourth-order valence-electron chi connectivity index (χ4n) is 2.88. The molecule has 2 N–H and O–H groups in total. The van der Waals surface area contributed by atoms with Crippen molar-refractivity contribution < 1.29 is 18.3 Å². The third-order valence-electron chi connectivity index (χ3n) is 4.01. The average Bonchev–Trinajstić information content (AvgIpc) is 2.98. The smallest absolute Gasteiger partial charge is 0.162 e. The minimum atomic E-state index is -0.677. The second kappa shape index (κ2) is 6.14. The molecule has 0 fully saturated rings. The SMILES string of the molecule is COc1cc2[nH]c3c(Nc4cc(F)cc(F)c4)ncnc3c2cc1OC. The number of rotatable bonds is 4. The standard InChI is InChI=1S/C18H14F2N4O2/c1-25-14-6-12-13(7-15(14)26-2)24-17-16(12)21-8-22-18(17)23-11-4-9(19)3-10(20)5-11/h3-8,24H,1-2H3,(H,21,22,23). The van der Waals surface area contributed by atoms with Crippen molar-refractivity contribution in [2.45, 2.75) is 0 Å². The molecular formula is C18H14F2N4O2. The highest BCUT2D eigenvalue weighted by atomic mass is 19.1. The van der Waals surface area contributed by atoms with Gasteiger partial charge >= 0.3 is 0 Å². The van der Waals surface area contributed by atoms with Crippen molar-refractivity contribution >= 4 is 33.4 Å².